The van der Waals surface area contributed by atoms with Crippen LogP contribution >= 0.6 is 11.8 Å². The minimum absolute atomic E-state index is 0.0892. The second-order valence-corrected chi connectivity index (χ2v) is 8.90. The third kappa shape index (κ3) is 6.93. The molecule has 1 atom stereocenters. The molecule has 1 aromatic carbocycles. The average Bonchev–Trinajstić information content (AvgIpc) is 3.06. The highest BCUT2D eigenvalue weighted by Crippen LogP contribution is 2.30. The third-order valence-electron chi connectivity index (χ3n) is 4.24. The molecule has 1 amide bonds. The molecule has 1 aliphatic rings. The zero-order valence-corrected chi connectivity index (χ0v) is 18.3. The van der Waals surface area contributed by atoms with Gasteiger partial charge in [-0.05, 0) is 71.2 Å². The lowest BCUT2D eigenvalue weighted by molar-refractivity contribution is -0.145. The molecular formula is C21H31NO5S. The van der Waals surface area contributed by atoms with E-state index >= 15 is 0 Å². The zero-order chi connectivity index (χ0) is 20.7. The number of aryl methyl sites for hydroxylation is 1. The molecule has 0 radical (unpaired) electrons. The van der Waals surface area contributed by atoms with Crippen molar-refractivity contribution < 1.29 is 23.8 Å². The standard InChI is InChI=1S/C21H31NO5S/c1-6-25-19(23)13-26-18-10-9-17(12-15(18)2)28-14-16-8-7-11-22(16)20(24)27-21(3,4)5/h9-10,12,16H,6-8,11,13-14H2,1-5H3/t16-/m0/s1. The summed E-state index contributed by atoms with van der Waals surface area (Å²) >= 11 is 1.72. The van der Waals surface area contributed by atoms with E-state index in [9.17, 15) is 9.59 Å². The fourth-order valence-electron chi connectivity index (χ4n) is 2.98. The molecule has 0 saturated carbocycles. The molecule has 1 heterocycles. The fourth-order valence-corrected chi connectivity index (χ4v) is 4.13. The van der Waals surface area contributed by atoms with Gasteiger partial charge in [0.2, 0.25) is 0 Å². The van der Waals surface area contributed by atoms with Crippen LogP contribution in [-0.4, -0.2) is 54.1 Å². The van der Waals surface area contributed by atoms with Gasteiger partial charge in [0.05, 0.1) is 6.61 Å². The highest BCUT2D eigenvalue weighted by molar-refractivity contribution is 7.99. The summed E-state index contributed by atoms with van der Waals surface area (Å²) in [6.07, 6.45) is 1.77. The van der Waals surface area contributed by atoms with Crippen molar-refractivity contribution in [2.24, 2.45) is 0 Å². The van der Waals surface area contributed by atoms with Gasteiger partial charge in [0.25, 0.3) is 0 Å². The predicted molar refractivity (Wildman–Crippen MR) is 110 cm³/mol. The van der Waals surface area contributed by atoms with Gasteiger partial charge in [-0.1, -0.05) is 0 Å². The van der Waals surface area contributed by atoms with Gasteiger partial charge in [0.1, 0.15) is 11.4 Å². The van der Waals surface area contributed by atoms with Crippen LogP contribution in [0.2, 0.25) is 0 Å². The van der Waals surface area contributed by atoms with E-state index < -0.39 is 5.60 Å². The molecule has 1 aromatic rings. The van der Waals surface area contributed by atoms with Crippen LogP contribution in [0.4, 0.5) is 4.79 Å². The molecule has 1 saturated heterocycles. The Hall–Kier alpha value is -1.89. The molecule has 0 unspecified atom stereocenters. The Labute approximate surface area is 171 Å². The number of amides is 1. The van der Waals surface area contributed by atoms with E-state index in [2.05, 4.69) is 0 Å². The molecule has 1 fully saturated rings. The second kappa shape index (κ2) is 10.0. The van der Waals surface area contributed by atoms with E-state index in [1.54, 1.807) is 18.7 Å². The molecule has 156 valence electrons. The first-order valence-electron chi connectivity index (χ1n) is 9.71. The molecule has 2 rings (SSSR count). The second-order valence-electron chi connectivity index (χ2n) is 7.80. The van der Waals surface area contributed by atoms with Crippen LogP contribution in [-0.2, 0) is 14.3 Å². The number of carbonyl (C=O) groups is 2. The third-order valence-corrected chi connectivity index (χ3v) is 5.38. The van der Waals surface area contributed by atoms with Gasteiger partial charge in [-0.2, -0.15) is 0 Å². The molecule has 6 nitrogen and oxygen atoms in total. The Morgan fingerprint density at radius 3 is 2.68 bits per heavy atom. The lowest BCUT2D eigenvalue weighted by Gasteiger charge is -2.28. The lowest BCUT2D eigenvalue weighted by Crippen LogP contribution is -2.40. The van der Waals surface area contributed by atoms with Crippen molar-refractivity contribution in [3.8, 4) is 5.75 Å². The van der Waals surface area contributed by atoms with E-state index in [0.29, 0.717) is 12.4 Å². The van der Waals surface area contributed by atoms with Crippen LogP contribution in [0, 0.1) is 6.92 Å². The number of rotatable bonds is 7. The number of likely N-dealkylation sites (tertiary alicyclic amines) is 1. The number of nitrogens with zero attached hydrogens (tertiary/aromatic N) is 1. The molecule has 0 spiro atoms. The van der Waals surface area contributed by atoms with Crippen LogP contribution in [0.1, 0.15) is 46.1 Å². The Morgan fingerprint density at radius 1 is 1.29 bits per heavy atom. The Kier molecular flexibility index (Phi) is 8.04. The summed E-state index contributed by atoms with van der Waals surface area (Å²) in [5.41, 5.74) is 0.484. The van der Waals surface area contributed by atoms with Gasteiger partial charge < -0.3 is 19.1 Å². The number of hydrogen-bond acceptors (Lipinski definition) is 6. The summed E-state index contributed by atoms with van der Waals surface area (Å²) in [6, 6.07) is 6.07. The molecule has 7 heteroatoms. The molecule has 28 heavy (non-hydrogen) atoms. The van der Waals surface area contributed by atoms with Gasteiger partial charge in [-0.15, -0.1) is 11.8 Å². The molecular weight excluding hydrogens is 378 g/mol. The fraction of sp³-hybridized carbons (Fsp3) is 0.619. The summed E-state index contributed by atoms with van der Waals surface area (Å²) < 4.78 is 15.9. The number of benzene rings is 1. The van der Waals surface area contributed by atoms with Crippen LogP contribution < -0.4 is 4.74 Å². The van der Waals surface area contributed by atoms with Crippen molar-refractivity contribution >= 4 is 23.8 Å². The predicted octanol–water partition coefficient (Wildman–Crippen LogP) is 4.43. The van der Waals surface area contributed by atoms with Crippen molar-refractivity contribution in [1.29, 1.82) is 0 Å². The van der Waals surface area contributed by atoms with Gasteiger partial charge >= 0.3 is 12.1 Å². The SMILES string of the molecule is CCOC(=O)COc1ccc(SC[C@@H]2CCCN2C(=O)OC(C)(C)C)cc1C. The summed E-state index contributed by atoms with van der Waals surface area (Å²) in [5.74, 6) is 1.12. The maximum Gasteiger partial charge on any atom is 0.410 e. The van der Waals surface area contributed by atoms with Crippen LogP contribution in [0.25, 0.3) is 0 Å². The van der Waals surface area contributed by atoms with Crippen molar-refractivity contribution in [3.63, 3.8) is 0 Å². The van der Waals surface area contributed by atoms with Gasteiger partial charge in [-0.25, -0.2) is 9.59 Å². The number of carbonyl (C=O) groups excluding carboxylic acids is 2. The van der Waals surface area contributed by atoms with Crippen molar-refractivity contribution in [2.75, 3.05) is 25.5 Å². The normalized spacial score (nSPS) is 16.8. The van der Waals surface area contributed by atoms with Crippen molar-refractivity contribution in [3.05, 3.63) is 23.8 Å². The minimum atomic E-state index is -0.478. The number of ether oxygens (including phenoxy) is 3. The smallest absolute Gasteiger partial charge is 0.410 e. The lowest BCUT2D eigenvalue weighted by atomic mass is 10.2. The highest BCUT2D eigenvalue weighted by atomic mass is 32.2. The van der Waals surface area contributed by atoms with Gasteiger partial charge in [0.15, 0.2) is 6.61 Å². The summed E-state index contributed by atoms with van der Waals surface area (Å²) in [7, 11) is 0. The first kappa shape index (κ1) is 22.4. The molecule has 0 N–H and O–H groups in total. The van der Waals surface area contributed by atoms with Crippen LogP contribution in [0.5, 0.6) is 5.75 Å². The number of hydrogen-bond donors (Lipinski definition) is 0. The quantitative estimate of drug-likeness (QED) is 0.490. The maximum atomic E-state index is 12.4. The highest BCUT2D eigenvalue weighted by Gasteiger charge is 2.32. The van der Waals surface area contributed by atoms with E-state index in [1.807, 2.05) is 50.8 Å². The number of thioether (sulfide) groups is 1. The molecule has 1 aliphatic heterocycles. The average molecular weight is 410 g/mol. The molecule has 0 aromatic heterocycles. The van der Waals surface area contributed by atoms with E-state index in [0.717, 1.165) is 35.6 Å². The summed E-state index contributed by atoms with van der Waals surface area (Å²) in [6.45, 7) is 10.4. The summed E-state index contributed by atoms with van der Waals surface area (Å²) in [5, 5.41) is 0. The Balaban J connectivity index is 1.89. The largest absolute Gasteiger partial charge is 0.482 e. The van der Waals surface area contributed by atoms with Gasteiger partial charge in [-0.3, -0.25) is 0 Å². The monoisotopic (exact) mass is 409 g/mol. The molecule has 0 bridgehead atoms. The van der Waals surface area contributed by atoms with E-state index in [1.165, 1.54) is 0 Å². The molecule has 0 aliphatic carbocycles. The maximum absolute atomic E-state index is 12.4. The van der Waals surface area contributed by atoms with Crippen LogP contribution in [0.3, 0.4) is 0 Å². The summed E-state index contributed by atoms with van der Waals surface area (Å²) in [4.78, 5) is 26.8. The first-order valence-corrected chi connectivity index (χ1v) is 10.7. The van der Waals surface area contributed by atoms with E-state index in [4.69, 9.17) is 14.2 Å². The van der Waals surface area contributed by atoms with Crippen molar-refractivity contribution in [2.45, 2.75) is 64.0 Å². The van der Waals surface area contributed by atoms with Crippen molar-refractivity contribution in [1.82, 2.24) is 4.90 Å². The number of esters is 1. The van der Waals surface area contributed by atoms with Gasteiger partial charge in [0, 0.05) is 23.2 Å². The topological polar surface area (TPSA) is 65.1 Å². The Bertz CT molecular complexity index is 686. The zero-order valence-electron chi connectivity index (χ0n) is 17.4. The van der Waals surface area contributed by atoms with Crippen LogP contribution in [0.15, 0.2) is 23.1 Å². The Morgan fingerprint density at radius 2 is 2.04 bits per heavy atom. The van der Waals surface area contributed by atoms with E-state index in [-0.39, 0.29) is 24.7 Å². The first-order chi connectivity index (χ1) is 13.2. The minimum Gasteiger partial charge on any atom is -0.482 e.